The van der Waals surface area contributed by atoms with Gasteiger partial charge in [-0.3, -0.25) is 4.79 Å². The second-order valence-electron chi connectivity index (χ2n) is 3.86. The third-order valence-corrected chi connectivity index (χ3v) is 2.54. The first-order chi connectivity index (χ1) is 7.25. The van der Waals surface area contributed by atoms with E-state index in [0.717, 1.165) is 24.9 Å². The molecule has 0 unspecified atom stereocenters. The molecule has 2 N–H and O–H groups in total. The lowest BCUT2D eigenvalue weighted by Crippen LogP contribution is -2.35. The zero-order valence-electron chi connectivity index (χ0n) is 8.79. The standard InChI is InChI=1S/C11H15N3O/c1-8-4-6-13-10(7-8)14-11(15)9-3-2-5-12-9/h4,6-7,9,12H,2-3,5H2,1H3,(H,13,14,15)/t9-/m0/s1. The van der Waals surface area contributed by atoms with Crippen molar-refractivity contribution in [2.75, 3.05) is 11.9 Å². The lowest BCUT2D eigenvalue weighted by molar-refractivity contribution is -0.117. The van der Waals surface area contributed by atoms with E-state index >= 15 is 0 Å². The highest BCUT2D eigenvalue weighted by atomic mass is 16.2. The number of amides is 1. The number of aromatic nitrogens is 1. The largest absolute Gasteiger partial charge is 0.309 e. The number of carbonyl (C=O) groups is 1. The Balaban J connectivity index is 1.99. The summed E-state index contributed by atoms with van der Waals surface area (Å²) in [7, 11) is 0. The van der Waals surface area contributed by atoms with Crippen molar-refractivity contribution in [2.24, 2.45) is 0 Å². The fourth-order valence-corrected chi connectivity index (χ4v) is 1.73. The van der Waals surface area contributed by atoms with Crippen LogP contribution in [0.1, 0.15) is 18.4 Å². The molecule has 80 valence electrons. The maximum atomic E-state index is 11.7. The fourth-order valence-electron chi connectivity index (χ4n) is 1.73. The summed E-state index contributed by atoms with van der Waals surface area (Å²) in [5.41, 5.74) is 1.10. The molecule has 0 aromatic carbocycles. The van der Waals surface area contributed by atoms with Gasteiger partial charge < -0.3 is 10.6 Å². The lowest BCUT2D eigenvalue weighted by atomic mass is 10.2. The van der Waals surface area contributed by atoms with Gasteiger partial charge in [0.25, 0.3) is 0 Å². The van der Waals surface area contributed by atoms with Gasteiger partial charge in [-0.25, -0.2) is 4.98 Å². The smallest absolute Gasteiger partial charge is 0.242 e. The molecular formula is C11H15N3O. The Morgan fingerprint density at radius 2 is 2.53 bits per heavy atom. The second-order valence-corrected chi connectivity index (χ2v) is 3.86. The molecule has 0 aliphatic carbocycles. The number of anilines is 1. The molecule has 0 spiro atoms. The molecule has 2 rings (SSSR count). The van der Waals surface area contributed by atoms with E-state index in [-0.39, 0.29) is 11.9 Å². The predicted octanol–water partition coefficient (Wildman–Crippen LogP) is 1.08. The van der Waals surface area contributed by atoms with Gasteiger partial charge >= 0.3 is 0 Å². The average molecular weight is 205 g/mol. The second kappa shape index (κ2) is 4.40. The zero-order valence-corrected chi connectivity index (χ0v) is 8.79. The molecule has 15 heavy (non-hydrogen) atoms. The Bertz CT molecular complexity index is 359. The Morgan fingerprint density at radius 1 is 1.67 bits per heavy atom. The van der Waals surface area contributed by atoms with E-state index in [1.807, 2.05) is 19.1 Å². The van der Waals surface area contributed by atoms with Gasteiger partial charge in [-0.05, 0) is 44.0 Å². The van der Waals surface area contributed by atoms with Crippen LogP contribution in [0.25, 0.3) is 0 Å². The van der Waals surface area contributed by atoms with E-state index in [9.17, 15) is 4.79 Å². The first-order valence-corrected chi connectivity index (χ1v) is 5.22. The van der Waals surface area contributed by atoms with Crippen LogP contribution in [-0.4, -0.2) is 23.5 Å². The van der Waals surface area contributed by atoms with Crippen molar-refractivity contribution in [1.82, 2.24) is 10.3 Å². The summed E-state index contributed by atoms with van der Waals surface area (Å²) in [6.07, 6.45) is 3.68. The minimum absolute atomic E-state index is 0.0191. The molecule has 1 fully saturated rings. The van der Waals surface area contributed by atoms with Gasteiger partial charge in [-0.15, -0.1) is 0 Å². The molecule has 0 saturated carbocycles. The molecule has 1 aromatic rings. The number of pyridine rings is 1. The number of hydrogen-bond donors (Lipinski definition) is 2. The molecule has 2 heterocycles. The molecule has 1 aromatic heterocycles. The summed E-state index contributed by atoms with van der Waals surface area (Å²) >= 11 is 0. The number of hydrogen-bond acceptors (Lipinski definition) is 3. The third-order valence-electron chi connectivity index (χ3n) is 2.54. The molecule has 4 heteroatoms. The molecule has 4 nitrogen and oxygen atoms in total. The summed E-state index contributed by atoms with van der Waals surface area (Å²) in [6, 6.07) is 3.73. The summed E-state index contributed by atoms with van der Waals surface area (Å²) in [5.74, 6) is 0.652. The van der Waals surface area contributed by atoms with Crippen LogP contribution in [0.4, 0.5) is 5.82 Å². The van der Waals surface area contributed by atoms with Crippen LogP contribution in [0.3, 0.4) is 0 Å². The van der Waals surface area contributed by atoms with Gasteiger partial charge in [0.15, 0.2) is 0 Å². The van der Waals surface area contributed by atoms with Gasteiger partial charge in [-0.2, -0.15) is 0 Å². The minimum atomic E-state index is -0.0488. The van der Waals surface area contributed by atoms with Crippen molar-refractivity contribution in [3.8, 4) is 0 Å². The van der Waals surface area contributed by atoms with Crippen molar-refractivity contribution in [3.05, 3.63) is 23.9 Å². The summed E-state index contributed by atoms with van der Waals surface area (Å²) in [5, 5.41) is 5.96. The van der Waals surface area contributed by atoms with E-state index < -0.39 is 0 Å². The van der Waals surface area contributed by atoms with Crippen molar-refractivity contribution in [3.63, 3.8) is 0 Å². The molecule has 1 saturated heterocycles. The summed E-state index contributed by atoms with van der Waals surface area (Å²) in [4.78, 5) is 15.8. The number of nitrogens with one attached hydrogen (secondary N) is 2. The lowest BCUT2D eigenvalue weighted by Gasteiger charge is -2.10. The Hall–Kier alpha value is -1.42. The predicted molar refractivity (Wildman–Crippen MR) is 58.6 cm³/mol. The topological polar surface area (TPSA) is 54.0 Å². The van der Waals surface area contributed by atoms with Crippen molar-refractivity contribution < 1.29 is 4.79 Å². The van der Waals surface area contributed by atoms with Crippen molar-refractivity contribution >= 4 is 11.7 Å². The molecule has 1 atom stereocenters. The monoisotopic (exact) mass is 205 g/mol. The highest BCUT2D eigenvalue weighted by molar-refractivity contribution is 5.94. The van der Waals surface area contributed by atoms with Crippen LogP contribution < -0.4 is 10.6 Å². The van der Waals surface area contributed by atoms with Gasteiger partial charge in [0.05, 0.1) is 6.04 Å². The average Bonchev–Trinajstić information content (AvgIpc) is 2.70. The number of carbonyl (C=O) groups excluding carboxylic acids is 1. The molecule has 1 amide bonds. The Morgan fingerprint density at radius 3 is 3.20 bits per heavy atom. The van der Waals surface area contributed by atoms with E-state index in [0.29, 0.717) is 5.82 Å². The number of rotatable bonds is 2. The van der Waals surface area contributed by atoms with Gasteiger partial charge in [0, 0.05) is 6.20 Å². The fraction of sp³-hybridized carbons (Fsp3) is 0.455. The zero-order chi connectivity index (χ0) is 10.7. The molecule has 1 aliphatic rings. The quantitative estimate of drug-likeness (QED) is 0.759. The van der Waals surface area contributed by atoms with Crippen LogP contribution >= 0.6 is 0 Å². The number of nitrogens with zero attached hydrogens (tertiary/aromatic N) is 1. The van der Waals surface area contributed by atoms with Crippen LogP contribution in [0.2, 0.25) is 0 Å². The van der Waals surface area contributed by atoms with E-state index in [1.54, 1.807) is 6.20 Å². The maximum Gasteiger partial charge on any atom is 0.242 e. The normalized spacial score (nSPS) is 20.2. The Labute approximate surface area is 89.1 Å². The van der Waals surface area contributed by atoms with Gasteiger partial charge in [0.2, 0.25) is 5.91 Å². The highest BCUT2D eigenvalue weighted by Crippen LogP contribution is 2.09. The van der Waals surface area contributed by atoms with Crippen LogP contribution in [0.5, 0.6) is 0 Å². The van der Waals surface area contributed by atoms with Gasteiger partial charge in [-0.1, -0.05) is 0 Å². The van der Waals surface area contributed by atoms with Crippen LogP contribution in [0, 0.1) is 6.92 Å². The first kappa shape index (κ1) is 10.1. The summed E-state index contributed by atoms with van der Waals surface area (Å²) < 4.78 is 0. The first-order valence-electron chi connectivity index (χ1n) is 5.22. The molecule has 0 bridgehead atoms. The van der Waals surface area contributed by atoms with Gasteiger partial charge in [0.1, 0.15) is 5.82 Å². The maximum absolute atomic E-state index is 11.7. The van der Waals surface area contributed by atoms with E-state index in [1.165, 1.54) is 0 Å². The molecular weight excluding hydrogens is 190 g/mol. The van der Waals surface area contributed by atoms with E-state index in [4.69, 9.17) is 0 Å². The minimum Gasteiger partial charge on any atom is -0.309 e. The van der Waals surface area contributed by atoms with E-state index in [2.05, 4.69) is 15.6 Å². The van der Waals surface area contributed by atoms with Crippen molar-refractivity contribution in [2.45, 2.75) is 25.8 Å². The van der Waals surface area contributed by atoms with Crippen molar-refractivity contribution in [1.29, 1.82) is 0 Å². The summed E-state index contributed by atoms with van der Waals surface area (Å²) in [6.45, 7) is 2.91. The highest BCUT2D eigenvalue weighted by Gasteiger charge is 2.21. The molecule has 1 aliphatic heterocycles. The van der Waals surface area contributed by atoms with Crippen LogP contribution in [0.15, 0.2) is 18.3 Å². The van der Waals surface area contributed by atoms with Crippen LogP contribution in [-0.2, 0) is 4.79 Å². The third kappa shape index (κ3) is 2.53. The Kier molecular flexibility index (Phi) is 2.97. The number of aryl methyl sites for hydroxylation is 1. The molecule has 0 radical (unpaired) electrons. The SMILES string of the molecule is Cc1ccnc(NC(=O)[C@@H]2CCCN2)c1.